The Morgan fingerprint density at radius 3 is 2.63 bits per heavy atom. The van der Waals surface area contributed by atoms with Gasteiger partial charge in [0.15, 0.2) is 11.7 Å². The number of carbonyl (C=O) groups excluding carboxylic acids is 1. The van der Waals surface area contributed by atoms with Crippen LogP contribution in [0.4, 0.5) is 24.7 Å². The van der Waals surface area contributed by atoms with Gasteiger partial charge in [-0.25, -0.2) is 4.68 Å². The Kier molecular flexibility index (Phi) is 5.62. The van der Waals surface area contributed by atoms with Crippen LogP contribution in [0.1, 0.15) is 51.7 Å². The SMILES string of the molecule is Cc1nn(Cc2ccccc2)c(C)c1NC(=O)c1cc2n(n1)[C@@H](C(F)(F)F)C[C@H](c1ccco1)N2. The van der Waals surface area contributed by atoms with Gasteiger partial charge in [-0.15, -0.1) is 0 Å². The molecule has 35 heavy (non-hydrogen) atoms. The first kappa shape index (κ1) is 22.8. The predicted octanol–water partition coefficient (Wildman–Crippen LogP) is 5.25. The molecule has 0 saturated carbocycles. The number of aromatic nitrogens is 4. The summed E-state index contributed by atoms with van der Waals surface area (Å²) in [6.07, 6.45) is -3.45. The number of hydrogen-bond donors (Lipinski definition) is 2. The standard InChI is InChI=1S/C24H23F3N6O2/c1-14-22(15(2)32(30-14)13-16-7-4-3-5-8-16)29-23(34)18-12-21-28-17(19-9-6-10-35-19)11-20(24(25,26)27)33(21)31-18/h3-10,12,17,20,28H,11,13H2,1-2H3,(H,29,34)/t17-,20-/m1/s1. The van der Waals surface area contributed by atoms with Crippen LogP contribution >= 0.6 is 0 Å². The van der Waals surface area contributed by atoms with Gasteiger partial charge in [0, 0.05) is 12.5 Å². The first-order valence-electron chi connectivity index (χ1n) is 11.1. The summed E-state index contributed by atoms with van der Waals surface area (Å²) in [5.41, 5.74) is 2.75. The highest BCUT2D eigenvalue weighted by Gasteiger charge is 2.47. The Bertz CT molecular complexity index is 1340. The van der Waals surface area contributed by atoms with Crippen molar-refractivity contribution in [2.75, 3.05) is 10.6 Å². The molecular weight excluding hydrogens is 461 g/mol. The highest BCUT2D eigenvalue weighted by Crippen LogP contribution is 2.43. The molecule has 0 radical (unpaired) electrons. The Morgan fingerprint density at radius 2 is 1.94 bits per heavy atom. The van der Waals surface area contributed by atoms with E-state index in [9.17, 15) is 18.0 Å². The Morgan fingerprint density at radius 1 is 1.17 bits per heavy atom. The van der Waals surface area contributed by atoms with Crippen LogP contribution in [0.2, 0.25) is 0 Å². The fourth-order valence-corrected chi connectivity index (χ4v) is 4.33. The summed E-state index contributed by atoms with van der Waals surface area (Å²) in [7, 11) is 0. The van der Waals surface area contributed by atoms with E-state index in [2.05, 4.69) is 20.8 Å². The number of halogens is 3. The van der Waals surface area contributed by atoms with E-state index < -0.39 is 24.2 Å². The lowest BCUT2D eigenvalue weighted by molar-refractivity contribution is -0.174. The normalized spacial score (nSPS) is 17.6. The number of alkyl halides is 3. The van der Waals surface area contributed by atoms with Crippen LogP contribution in [0.25, 0.3) is 0 Å². The number of nitrogens with zero attached hydrogens (tertiary/aromatic N) is 4. The first-order valence-corrected chi connectivity index (χ1v) is 11.1. The molecule has 0 aliphatic carbocycles. The van der Waals surface area contributed by atoms with Crippen molar-refractivity contribution in [1.82, 2.24) is 19.6 Å². The van der Waals surface area contributed by atoms with Crippen LogP contribution in [0.15, 0.2) is 59.2 Å². The second-order valence-electron chi connectivity index (χ2n) is 8.51. The van der Waals surface area contributed by atoms with E-state index >= 15 is 0 Å². The molecular formula is C24H23F3N6O2. The number of carbonyl (C=O) groups is 1. The van der Waals surface area contributed by atoms with Gasteiger partial charge in [0.25, 0.3) is 5.91 Å². The van der Waals surface area contributed by atoms with Gasteiger partial charge in [0.2, 0.25) is 0 Å². The van der Waals surface area contributed by atoms with Crippen molar-refractivity contribution in [2.45, 2.75) is 45.1 Å². The van der Waals surface area contributed by atoms with E-state index in [0.29, 0.717) is 23.7 Å². The molecule has 0 unspecified atom stereocenters. The van der Waals surface area contributed by atoms with Crippen LogP contribution in [0.3, 0.4) is 0 Å². The highest BCUT2D eigenvalue weighted by atomic mass is 19.4. The molecule has 0 saturated heterocycles. The Labute approximate surface area is 198 Å². The van der Waals surface area contributed by atoms with E-state index in [0.717, 1.165) is 15.9 Å². The second kappa shape index (κ2) is 8.64. The molecule has 2 atom stereocenters. The monoisotopic (exact) mass is 484 g/mol. The van der Waals surface area contributed by atoms with Crippen molar-refractivity contribution in [3.63, 3.8) is 0 Å². The lowest BCUT2D eigenvalue weighted by Gasteiger charge is -2.32. The minimum absolute atomic E-state index is 0.0957. The van der Waals surface area contributed by atoms with E-state index in [4.69, 9.17) is 4.42 Å². The lowest BCUT2D eigenvalue weighted by atomic mass is 10.0. The summed E-state index contributed by atoms with van der Waals surface area (Å²) in [5.74, 6) is -0.136. The van der Waals surface area contributed by atoms with Gasteiger partial charge in [0.05, 0.1) is 35.9 Å². The first-order chi connectivity index (χ1) is 16.7. The van der Waals surface area contributed by atoms with Crippen LogP contribution < -0.4 is 10.6 Å². The minimum Gasteiger partial charge on any atom is -0.467 e. The van der Waals surface area contributed by atoms with Crippen LogP contribution in [-0.4, -0.2) is 31.6 Å². The maximum atomic E-state index is 13.8. The summed E-state index contributed by atoms with van der Waals surface area (Å²) in [6.45, 7) is 4.11. The summed E-state index contributed by atoms with van der Waals surface area (Å²) in [6, 6.07) is 11.7. The van der Waals surface area contributed by atoms with Gasteiger partial charge in [-0.2, -0.15) is 23.4 Å². The van der Waals surface area contributed by atoms with Gasteiger partial charge in [-0.1, -0.05) is 30.3 Å². The number of furan rings is 1. The van der Waals surface area contributed by atoms with E-state index in [1.807, 2.05) is 37.3 Å². The third-order valence-electron chi connectivity index (χ3n) is 6.10. The van der Waals surface area contributed by atoms with Gasteiger partial charge in [-0.05, 0) is 31.5 Å². The number of hydrogen-bond acceptors (Lipinski definition) is 5. The molecule has 1 aromatic carbocycles. The number of aryl methyl sites for hydroxylation is 1. The van der Waals surface area contributed by atoms with Crippen molar-refractivity contribution in [2.24, 2.45) is 0 Å². The fourth-order valence-electron chi connectivity index (χ4n) is 4.33. The van der Waals surface area contributed by atoms with Gasteiger partial charge in [-0.3, -0.25) is 9.48 Å². The molecule has 1 aliphatic heterocycles. The molecule has 1 aliphatic rings. The van der Waals surface area contributed by atoms with Crippen LogP contribution in [0, 0.1) is 13.8 Å². The maximum Gasteiger partial charge on any atom is 0.410 e. The number of amides is 1. The molecule has 0 fully saturated rings. The topological polar surface area (TPSA) is 89.9 Å². The quantitative estimate of drug-likeness (QED) is 0.404. The smallest absolute Gasteiger partial charge is 0.410 e. The third-order valence-corrected chi connectivity index (χ3v) is 6.10. The number of nitrogens with one attached hydrogen (secondary N) is 2. The Balaban J connectivity index is 1.40. The van der Waals surface area contributed by atoms with Crippen LogP contribution in [0.5, 0.6) is 0 Å². The van der Waals surface area contributed by atoms with Gasteiger partial charge < -0.3 is 15.1 Å². The van der Waals surface area contributed by atoms with Crippen molar-refractivity contribution < 1.29 is 22.4 Å². The molecule has 0 spiro atoms. The molecule has 1 amide bonds. The maximum absolute atomic E-state index is 13.8. The second-order valence-corrected chi connectivity index (χ2v) is 8.51. The van der Waals surface area contributed by atoms with Crippen molar-refractivity contribution in [3.8, 4) is 0 Å². The zero-order chi connectivity index (χ0) is 24.7. The molecule has 4 aromatic rings. The van der Waals surface area contributed by atoms with Gasteiger partial charge >= 0.3 is 6.18 Å². The number of benzene rings is 1. The Hall–Kier alpha value is -4.02. The number of anilines is 2. The highest BCUT2D eigenvalue weighted by molar-refractivity contribution is 6.04. The third kappa shape index (κ3) is 4.41. The average molecular weight is 484 g/mol. The summed E-state index contributed by atoms with van der Waals surface area (Å²) in [5, 5.41) is 14.3. The van der Waals surface area contributed by atoms with E-state index in [-0.39, 0.29) is 17.9 Å². The zero-order valence-corrected chi connectivity index (χ0v) is 19.0. The van der Waals surface area contributed by atoms with Crippen molar-refractivity contribution in [1.29, 1.82) is 0 Å². The zero-order valence-electron chi connectivity index (χ0n) is 19.0. The molecule has 5 rings (SSSR count). The lowest BCUT2D eigenvalue weighted by Crippen LogP contribution is -2.35. The number of fused-ring (bicyclic) bond motifs is 1. The average Bonchev–Trinajstić information content (AvgIpc) is 3.55. The summed E-state index contributed by atoms with van der Waals surface area (Å²) >= 11 is 0. The molecule has 0 bridgehead atoms. The fraction of sp³-hybridized carbons (Fsp3) is 0.292. The minimum atomic E-state index is -4.55. The molecule has 2 N–H and O–H groups in total. The largest absolute Gasteiger partial charge is 0.467 e. The van der Waals surface area contributed by atoms with E-state index in [1.54, 1.807) is 23.7 Å². The molecule has 11 heteroatoms. The summed E-state index contributed by atoms with van der Waals surface area (Å²) in [4.78, 5) is 13.0. The number of rotatable bonds is 5. The van der Waals surface area contributed by atoms with Gasteiger partial charge in [0.1, 0.15) is 11.6 Å². The summed E-state index contributed by atoms with van der Waals surface area (Å²) < 4.78 is 49.5. The molecule has 4 heterocycles. The van der Waals surface area contributed by atoms with Crippen molar-refractivity contribution >= 4 is 17.4 Å². The molecule has 8 nitrogen and oxygen atoms in total. The molecule has 3 aromatic heterocycles. The van der Waals surface area contributed by atoms with E-state index in [1.165, 1.54) is 12.3 Å². The van der Waals surface area contributed by atoms with Crippen molar-refractivity contribution in [3.05, 3.63) is 83.2 Å². The molecule has 182 valence electrons. The van der Waals surface area contributed by atoms with Crippen LogP contribution in [-0.2, 0) is 6.54 Å². The predicted molar refractivity (Wildman–Crippen MR) is 122 cm³/mol.